The molecule has 84 valence electrons. The van der Waals surface area contributed by atoms with Crippen molar-refractivity contribution in [2.75, 3.05) is 13.2 Å². The van der Waals surface area contributed by atoms with E-state index in [1.165, 1.54) is 6.42 Å². The van der Waals surface area contributed by atoms with E-state index in [9.17, 15) is 5.11 Å². The molecule has 15 heavy (non-hydrogen) atoms. The fourth-order valence-corrected chi connectivity index (χ4v) is 1.83. The molecule has 0 spiro atoms. The number of aliphatic hydroxyl groups excluding tert-OH is 1. The van der Waals surface area contributed by atoms with Crippen molar-refractivity contribution in [2.45, 2.75) is 32.3 Å². The number of rotatable bonds is 3. The molecule has 1 aromatic heterocycles. The van der Waals surface area contributed by atoms with Crippen molar-refractivity contribution in [3.05, 3.63) is 17.8 Å². The van der Waals surface area contributed by atoms with Crippen LogP contribution in [0.1, 0.15) is 37.5 Å². The molecular weight excluding hydrogens is 194 g/mol. The monoisotopic (exact) mass is 211 g/mol. The smallest absolute Gasteiger partial charge is 0.194 e. The molecule has 1 saturated heterocycles. The summed E-state index contributed by atoms with van der Waals surface area (Å²) >= 11 is 0. The zero-order valence-corrected chi connectivity index (χ0v) is 8.98. The Morgan fingerprint density at radius 3 is 3.13 bits per heavy atom. The van der Waals surface area contributed by atoms with E-state index in [-0.39, 0.29) is 0 Å². The lowest BCUT2D eigenvalue weighted by molar-refractivity contribution is 0.0521. The van der Waals surface area contributed by atoms with Gasteiger partial charge in [0.2, 0.25) is 0 Å². The number of hydrogen-bond donors (Lipinski definition) is 1. The number of hydrogen-bond acceptors (Lipinski definition) is 4. The van der Waals surface area contributed by atoms with Gasteiger partial charge in [0.25, 0.3) is 0 Å². The second-order valence-electron chi connectivity index (χ2n) is 4.12. The minimum absolute atomic E-state index is 0.513. The number of oxazole rings is 1. The maximum Gasteiger partial charge on any atom is 0.194 e. The molecule has 0 saturated carbocycles. The van der Waals surface area contributed by atoms with Gasteiger partial charge in [-0.05, 0) is 25.7 Å². The predicted molar refractivity (Wildman–Crippen MR) is 54.4 cm³/mol. The first-order valence-electron chi connectivity index (χ1n) is 5.46. The first kappa shape index (κ1) is 10.6. The molecule has 1 N–H and O–H groups in total. The molecule has 2 unspecified atom stereocenters. The fraction of sp³-hybridized carbons (Fsp3) is 0.727. The summed E-state index contributed by atoms with van der Waals surface area (Å²) in [6.07, 6.45) is 4.13. The standard InChI is InChI=1S/C11H17NO3/c1-8(13)10-6-12-11(15-10)5-9-3-2-4-14-7-9/h6,8-9,13H,2-5,7H2,1H3. The molecule has 1 aliphatic rings. The summed E-state index contributed by atoms with van der Waals surface area (Å²) in [6.45, 7) is 3.35. The Hall–Kier alpha value is -0.870. The highest BCUT2D eigenvalue weighted by Gasteiger charge is 2.17. The topological polar surface area (TPSA) is 55.5 Å². The predicted octanol–water partition coefficient (Wildman–Crippen LogP) is 1.70. The van der Waals surface area contributed by atoms with E-state index in [2.05, 4.69) is 4.98 Å². The van der Waals surface area contributed by atoms with Crippen LogP contribution in [0.4, 0.5) is 0 Å². The van der Waals surface area contributed by atoms with Gasteiger partial charge in [-0.3, -0.25) is 0 Å². The van der Waals surface area contributed by atoms with Gasteiger partial charge in [-0.25, -0.2) is 4.98 Å². The lowest BCUT2D eigenvalue weighted by Gasteiger charge is -2.20. The molecule has 4 heteroatoms. The molecule has 2 rings (SSSR count). The highest BCUT2D eigenvalue weighted by atomic mass is 16.5. The summed E-state index contributed by atoms with van der Waals surface area (Å²) in [5, 5.41) is 9.28. The average molecular weight is 211 g/mol. The van der Waals surface area contributed by atoms with Crippen LogP contribution < -0.4 is 0 Å². The van der Waals surface area contributed by atoms with Gasteiger partial charge in [-0.2, -0.15) is 0 Å². The van der Waals surface area contributed by atoms with Crippen LogP contribution in [0.15, 0.2) is 10.6 Å². The maximum absolute atomic E-state index is 9.28. The summed E-state index contributed by atoms with van der Waals surface area (Å²) in [4.78, 5) is 4.15. The zero-order chi connectivity index (χ0) is 10.7. The second-order valence-corrected chi connectivity index (χ2v) is 4.12. The van der Waals surface area contributed by atoms with Gasteiger partial charge >= 0.3 is 0 Å². The van der Waals surface area contributed by atoms with E-state index in [1.807, 2.05) is 0 Å². The minimum atomic E-state index is -0.575. The van der Waals surface area contributed by atoms with Gasteiger partial charge in [0.1, 0.15) is 6.10 Å². The number of ether oxygens (including phenoxy) is 1. The Morgan fingerprint density at radius 2 is 2.53 bits per heavy atom. The van der Waals surface area contributed by atoms with Crippen molar-refractivity contribution in [3.8, 4) is 0 Å². The maximum atomic E-state index is 9.28. The third-order valence-corrected chi connectivity index (χ3v) is 2.70. The van der Waals surface area contributed by atoms with Crippen LogP contribution in [0.3, 0.4) is 0 Å². The molecule has 1 aromatic rings. The van der Waals surface area contributed by atoms with Crippen LogP contribution >= 0.6 is 0 Å². The van der Waals surface area contributed by atoms with Crippen molar-refractivity contribution in [1.82, 2.24) is 4.98 Å². The average Bonchev–Trinajstić information content (AvgIpc) is 2.68. The van der Waals surface area contributed by atoms with Crippen LogP contribution in [0.5, 0.6) is 0 Å². The molecule has 0 aliphatic carbocycles. The van der Waals surface area contributed by atoms with Crippen LogP contribution in [0.2, 0.25) is 0 Å². The van der Waals surface area contributed by atoms with E-state index in [0.29, 0.717) is 17.6 Å². The van der Waals surface area contributed by atoms with Crippen molar-refractivity contribution in [3.63, 3.8) is 0 Å². The first-order valence-corrected chi connectivity index (χ1v) is 5.46. The molecule has 1 aliphatic heterocycles. The molecule has 0 aromatic carbocycles. The van der Waals surface area contributed by atoms with Crippen molar-refractivity contribution >= 4 is 0 Å². The highest BCUT2D eigenvalue weighted by Crippen LogP contribution is 2.20. The SMILES string of the molecule is CC(O)c1cnc(CC2CCCOC2)o1. The Balaban J connectivity index is 1.91. The van der Waals surface area contributed by atoms with Gasteiger partial charge in [-0.15, -0.1) is 0 Å². The molecule has 0 amide bonds. The molecule has 2 atom stereocenters. The van der Waals surface area contributed by atoms with Gasteiger partial charge in [0.15, 0.2) is 11.7 Å². The van der Waals surface area contributed by atoms with E-state index in [0.717, 1.165) is 26.1 Å². The van der Waals surface area contributed by atoms with Gasteiger partial charge < -0.3 is 14.3 Å². The third kappa shape index (κ3) is 2.79. The normalized spacial score (nSPS) is 24.0. The van der Waals surface area contributed by atoms with Crippen LogP contribution in [-0.2, 0) is 11.2 Å². The minimum Gasteiger partial charge on any atom is -0.443 e. The summed E-state index contributed by atoms with van der Waals surface area (Å²) in [5.74, 6) is 1.77. The lowest BCUT2D eigenvalue weighted by Crippen LogP contribution is -2.19. The van der Waals surface area contributed by atoms with Gasteiger partial charge in [0, 0.05) is 19.6 Å². The number of aromatic nitrogens is 1. The second kappa shape index (κ2) is 4.77. The summed E-state index contributed by atoms with van der Waals surface area (Å²) in [5.41, 5.74) is 0. The van der Waals surface area contributed by atoms with Crippen LogP contribution in [0, 0.1) is 5.92 Å². The van der Waals surface area contributed by atoms with Crippen LogP contribution in [0.25, 0.3) is 0 Å². The highest BCUT2D eigenvalue weighted by molar-refractivity contribution is 4.97. The fourth-order valence-electron chi connectivity index (χ4n) is 1.83. The largest absolute Gasteiger partial charge is 0.443 e. The quantitative estimate of drug-likeness (QED) is 0.826. The van der Waals surface area contributed by atoms with Crippen molar-refractivity contribution < 1.29 is 14.3 Å². The van der Waals surface area contributed by atoms with Crippen molar-refractivity contribution in [1.29, 1.82) is 0 Å². The summed E-state index contributed by atoms with van der Waals surface area (Å²) in [6, 6.07) is 0. The van der Waals surface area contributed by atoms with E-state index in [1.54, 1.807) is 13.1 Å². The van der Waals surface area contributed by atoms with Crippen molar-refractivity contribution in [2.24, 2.45) is 5.92 Å². The molecule has 4 nitrogen and oxygen atoms in total. The van der Waals surface area contributed by atoms with E-state index in [4.69, 9.17) is 9.15 Å². The molecular formula is C11H17NO3. The molecule has 1 fully saturated rings. The third-order valence-electron chi connectivity index (χ3n) is 2.70. The summed E-state index contributed by atoms with van der Waals surface area (Å²) in [7, 11) is 0. The van der Waals surface area contributed by atoms with Gasteiger partial charge in [-0.1, -0.05) is 0 Å². The molecule has 0 radical (unpaired) electrons. The Kier molecular flexibility index (Phi) is 3.38. The van der Waals surface area contributed by atoms with E-state index >= 15 is 0 Å². The Labute approximate surface area is 89.3 Å². The number of nitrogens with zero attached hydrogens (tertiary/aromatic N) is 1. The molecule has 0 bridgehead atoms. The zero-order valence-electron chi connectivity index (χ0n) is 8.98. The number of aliphatic hydroxyl groups is 1. The van der Waals surface area contributed by atoms with Crippen LogP contribution in [-0.4, -0.2) is 23.3 Å². The van der Waals surface area contributed by atoms with E-state index < -0.39 is 6.10 Å². The lowest BCUT2D eigenvalue weighted by atomic mass is 9.99. The van der Waals surface area contributed by atoms with Gasteiger partial charge in [0.05, 0.1) is 6.20 Å². The summed E-state index contributed by atoms with van der Waals surface area (Å²) < 4.78 is 10.8. The first-order chi connectivity index (χ1) is 7.25. The molecule has 2 heterocycles. The Morgan fingerprint density at radius 1 is 1.67 bits per heavy atom. The Bertz CT molecular complexity index is 303.